The van der Waals surface area contributed by atoms with E-state index in [1.54, 1.807) is 18.2 Å². The van der Waals surface area contributed by atoms with Crippen molar-refractivity contribution < 1.29 is 14.8 Å². The van der Waals surface area contributed by atoms with E-state index in [0.29, 0.717) is 22.6 Å². The van der Waals surface area contributed by atoms with Gasteiger partial charge >= 0.3 is 0 Å². The van der Waals surface area contributed by atoms with Gasteiger partial charge in [-0.25, -0.2) is 0 Å². The summed E-state index contributed by atoms with van der Waals surface area (Å²) in [7, 11) is 1.43. The van der Waals surface area contributed by atoms with Crippen LogP contribution in [0.25, 0.3) is 11.1 Å². The van der Waals surface area contributed by atoms with Crippen LogP contribution in [0.3, 0.4) is 0 Å². The van der Waals surface area contributed by atoms with E-state index in [4.69, 9.17) is 10.5 Å². The molecular weight excluding hydrogens is 248 g/mol. The van der Waals surface area contributed by atoms with Crippen molar-refractivity contribution in [3.63, 3.8) is 0 Å². The molecule has 0 fully saturated rings. The Hall–Kier alpha value is -2.76. The van der Waals surface area contributed by atoms with Gasteiger partial charge in [-0.15, -0.1) is 0 Å². The van der Waals surface area contributed by atoms with Crippen LogP contribution >= 0.6 is 0 Å². The van der Waals surface area contributed by atoms with E-state index in [1.165, 1.54) is 25.3 Å². The number of phenolic OH excluding ortho intramolecular Hbond substituents is 1. The van der Waals surface area contributed by atoms with Crippen LogP contribution in [-0.4, -0.2) is 17.1 Å². The summed E-state index contributed by atoms with van der Waals surface area (Å²) >= 11 is 0. The van der Waals surface area contributed by atoms with E-state index in [9.17, 15) is 15.2 Å². The van der Waals surface area contributed by atoms with Crippen molar-refractivity contribution in [3.8, 4) is 22.6 Å². The molecule has 0 saturated heterocycles. The molecule has 3 N–H and O–H groups in total. The third-order valence-electron chi connectivity index (χ3n) is 2.71. The van der Waals surface area contributed by atoms with Gasteiger partial charge in [0.25, 0.3) is 5.69 Å². The monoisotopic (exact) mass is 260 g/mol. The van der Waals surface area contributed by atoms with Gasteiger partial charge < -0.3 is 15.6 Å². The highest BCUT2D eigenvalue weighted by atomic mass is 16.6. The number of benzene rings is 2. The van der Waals surface area contributed by atoms with Crippen LogP contribution in [0, 0.1) is 10.1 Å². The first-order chi connectivity index (χ1) is 9.02. The Labute approximate surface area is 109 Å². The van der Waals surface area contributed by atoms with Crippen LogP contribution in [0.2, 0.25) is 0 Å². The smallest absolute Gasteiger partial charge is 0.281 e. The average molecular weight is 260 g/mol. The van der Waals surface area contributed by atoms with E-state index < -0.39 is 4.92 Å². The third-order valence-corrected chi connectivity index (χ3v) is 2.71. The van der Waals surface area contributed by atoms with E-state index >= 15 is 0 Å². The minimum Gasteiger partial charge on any atom is -0.507 e. The number of ether oxygens (including phenoxy) is 1. The number of anilines is 1. The second-order valence-corrected chi connectivity index (χ2v) is 3.92. The molecule has 0 aromatic heterocycles. The Bertz CT molecular complexity index is 641. The molecule has 98 valence electrons. The molecule has 2 rings (SSSR count). The molecule has 0 unspecified atom stereocenters. The lowest BCUT2D eigenvalue weighted by molar-refractivity contribution is -0.384. The molecule has 0 radical (unpaired) electrons. The summed E-state index contributed by atoms with van der Waals surface area (Å²) in [5, 5.41) is 20.9. The number of nitro benzene ring substituents is 1. The van der Waals surface area contributed by atoms with Crippen molar-refractivity contribution in [2.24, 2.45) is 0 Å². The summed E-state index contributed by atoms with van der Waals surface area (Å²) in [6.45, 7) is 0. The second kappa shape index (κ2) is 4.85. The molecule has 0 spiro atoms. The summed E-state index contributed by atoms with van der Waals surface area (Å²) in [5.41, 5.74) is 6.44. The van der Waals surface area contributed by atoms with Crippen molar-refractivity contribution in [3.05, 3.63) is 46.5 Å². The molecule has 6 heteroatoms. The number of rotatable bonds is 3. The molecule has 0 aliphatic heterocycles. The van der Waals surface area contributed by atoms with Gasteiger partial charge in [-0.05, 0) is 24.3 Å². The molecule has 2 aromatic carbocycles. The topological polar surface area (TPSA) is 98.6 Å². The number of nitro groups is 1. The van der Waals surface area contributed by atoms with Gasteiger partial charge in [0, 0.05) is 17.3 Å². The summed E-state index contributed by atoms with van der Waals surface area (Å²) in [4.78, 5) is 10.6. The molecule has 19 heavy (non-hydrogen) atoms. The first kappa shape index (κ1) is 12.7. The lowest BCUT2D eigenvalue weighted by Gasteiger charge is -2.08. The predicted octanol–water partition coefficient (Wildman–Crippen LogP) is 2.56. The fourth-order valence-electron chi connectivity index (χ4n) is 1.79. The van der Waals surface area contributed by atoms with Crippen molar-refractivity contribution in [1.82, 2.24) is 0 Å². The van der Waals surface area contributed by atoms with Crippen LogP contribution in [0.15, 0.2) is 36.4 Å². The summed E-state index contributed by atoms with van der Waals surface area (Å²) in [5.74, 6) is 0.277. The first-order valence-corrected chi connectivity index (χ1v) is 5.44. The second-order valence-electron chi connectivity index (χ2n) is 3.92. The molecule has 0 bridgehead atoms. The Morgan fingerprint density at radius 2 is 1.89 bits per heavy atom. The lowest BCUT2D eigenvalue weighted by Crippen LogP contribution is -1.94. The standard InChI is InChI=1S/C13H12N2O4/c1-19-9-3-5-10(12(7-9)15(17)18)11-4-2-8(14)6-13(11)16/h2-7,16H,14H2,1H3. The van der Waals surface area contributed by atoms with Crippen LogP contribution in [0.1, 0.15) is 0 Å². The van der Waals surface area contributed by atoms with Gasteiger partial charge in [0.1, 0.15) is 11.5 Å². The summed E-state index contributed by atoms with van der Waals surface area (Å²) in [6, 6.07) is 8.90. The third kappa shape index (κ3) is 2.42. The predicted molar refractivity (Wildman–Crippen MR) is 71.2 cm³/mol. The number of phenols is 1. The number of hydrogen-bond donors (Lipinski definition) is 2. The fraction of sp³-hybridized carbons (Fsp3) is 0.0769. The SMILES string of the molecule is COc1ccc(-c2ccc(N)cc2O)c([N+](=O)[O-])c1. The van der Waals surface area contributed by atoms with Gasteiger partial charge in [0.15, 0.2) is 0 Å². The molecule has 2 aromatic rings. The van der Waals surface area contributed by atoms with Gasteiger partial charge in [-0.2, -0.15) is 0 Å². The zero-order valence-corrected chi connectivity index (χ0v) is 10.2. The van der Waals surface area contributed by atoms with Crippen LogP contribution in [-0.2, 0) is 0 Å². The fourth-order valence-corrected chi connectivity index (χ4v) is 1.79. The van der Waals surface area contributed by atoms with Crippen LogP contribution < -0.4 is 10.5 Å². The van der Waals surface area contributed by atoms with Gasteiger partial charge in [0.05, 0.1) is 23.7 Å². The van der Waals surface area contributed by atoms with E-state index in [1.807, 2.05) is 0 Å². The van der Waals surface area contributed by atoms with Gasteiger partial charge in [0.2, 0.25) is 0 Å². The Morgan fingerprint density at radius 1 is 1.21 bits per heavy atom. The van der Waals surface area contributed by atoms with E-state index in [2.05, 4.69) is 0 Å². The van der Waals surface area contributed by atoms with Crippen molar-refractivity contribution >= 4 is 11.4 Å². The van der Waals surface area contributed by atoms with E-state index in [-0.39, 0.29) is 11.4 Å². The molecule has 0 amide bonds. The average Bonchev–Trinajstić information content (AvgIpc) is 2.38. The minimum absolute atomic E-state index is 0.103. The largest absolute Gasteiger partial charge is 0.507 e. The number of aromatic hydroxyl groups is 1. The Balaban J connectivity index is 2.64. The lowest BCUT2D eigenvalue weighted by atomic mass is 10.0. The molecule has 0 saturated carbocycles. The maximum Gasteiger partial charge on any atom is 0.281 e. The minimum atomic E-state index is -0.520. The van der Waals surface area contributed by atoms with Gasteiger partial charge in [-0.3, -0.25) is 10.1 Å². The molecule has 0 atom stereocenters. The quantitative estimate of drug-likeness (QED) is 0.502. The highest BCUT2D eigenvalue weighted by molar-refractivity contribution is 5.80. The van der Waals surface area contributed by atoms with Gasteiger partial charge in [-0.1, -0.05) is 0 Å². The summed E-state index contributed by atoms with van der Waals surface area (Å²) < 4.78 is 4.96. The number of methoxy groups -OCH3 is 1. The molecule has 0 heterocycles. The first-order valence-electron chi connectivity index (χ1n) is 5.44. The Morgan fingerprint density at radius 3 is 2.47 bits per heavy atom. The maximum atomic E-state index is 11.1. The maximum absolute atomic E-state index is 11.1. The number of nitrogens with zero attached hydrogens (tertiary/aromatic N) is 1. The number of nitrogen functional groups attached to an aromatic ring is 1. The zero-order valence-electron chi connectivity index (χ0n) is 10.2. The highest BCUT2D eigenvalue weighted by Gasteiger charge is 2.18. The zero-order chi connectivity index (χ0) is 14.0. The van der Waals surface area contributed by atoms with Crippen molar-refractivity contribution in [2.75, 3.05) is 12.8 Å². The molecule has 0 aliphatic rings. The van der Waals surface area contributed by atoms with E-state index in [0.717, 1.165) is 0 Å². The normalized spacial score (nSPS) is 10.2. The summed E-state index contributed by atoms with van der Waals surface area (Å²) in [6.07, 6.45) is 0. The number of nitrogens with two attached hydrogens (primary N) is 1. The molecular formula is C13H12N2O4. The number of hydrogen-bond acceptors (Lipinski definition) is 5. The highest BCUT2D eigenvalue weighted by Crippen LogP contribution is 2.38. The van der Waals surface area contributed by atoms with Crippen molar-refractivity contribution in [2.45, 2.75) is 0 Å². The van der Waals surface area contributed by atoms with Crippen LogP contribution in [0.4, 0.5) is 11.4 Å². The molecule has 6 nitrogen and oxygen atoms in total. The van der Waals surface area contributed by atoms with Crippen molar-refractivity contribution in [1.29, 1.82) is 0 Å². The Kier molecular flexibility index (Phi) is 3.24. The molecule has 0 aliphatic carbocycles. The van der Waals surface area contributed by atoms with Crippen LogP contribution in [0.5, 0.6) is 11.5 Å².